The van der Waals surface area contributed by atoms with E-state index in [1.807, 2.05) is 66.9 Å². The molecule has 2 amide bonds. The zero-order chi connectivity index (χ0) is 27.9. The standard InChI is InChI=1S/C31H32N4O5/c1-38-27-16-15-24(18-28(27)39-2)35-20-26(22-10-5-3-6-11-22)32-31(35)33-29(36)21-34(19-25-14-9-17-40-25)30(37)23-12-7-4-8-13-23/h3-8,10-13,15-16,18,20,25H,9,14,17,19,21H2,1-2H3,(H,32,33,36)/t25-/m1/s1. The summed E-state index contributed by atoms with van der Waals surface area (Å²) in [4.78, 5) is 33.1. The van der Waals surface area contributed by atoms with Crippen LogP contribution in [-0.4, -0.2) is 66.3 Å². The van der Waals surface area contributed by atoms with E-state index in [4.69, 9.17) is 19.2 Å². The lowest BCUT2D eigenvalue weighted by Crippen LogP contribution is -2.42. The molecule has 1 atom stereocenters. The van der Waals surface area contributed by atoms with Crippen molar-refractivity contribution in [1.29, 1.82) is 0 Å². The van der Waals surface area contributed by atoms with Crippen molar-refractivity contribution in [3.63, 3.8) is 0 Å². The minimum absolute atomic E-state index is 0.0982. The number of amides is 2. The Labute approximate surface area is 233 Å². The van der Waals surface area contributed by atoms with E-state index in [9.17, 15) is 9.59 Å². The van der Waals surface area contributed by atoms with Crippen molar-refractivity contribution in [2.75, 3.05) is 39.2 Å². The third-order valence-corrected chi connectivity index (χ3v) is 6.76. The second-order valence-corrected chi connectivity index (χ2v) is 9.46. The lowest BCUT2D eigenvalue weighted by atomic mass is 10.1. The molecule has 206 valence electrons. The van der Waals surface area contributed by atoms with Gasteiger partial charge in [-0.3, -0.25) is 19.5 Å². The van der Waals surface area contributed by atoms with Crippen LogP contribution >= 0.6 is 0 Å². The van der Waals surface area contributed by atoms with E-state index >= 15 is 0 Å². The molecule has 0 saturated carbocycles. The first-order valence-electron chi connectivity index (χ1n) is 13.2. The molecule has 1 aliphatic rings. The van der Waals surface area contributed by atoms with Crippen molar-refractivity contribution in [2.45, 2.75) is 18.9 Å². The van der Waals surface area contributed by atoms with Gasteiger partial charge in [0, 0.05) is 36.5 Å². The Morgan fingerprint density at radius 3 is 2.40 bits per heavy atom. The van der Waals surface area contributed by atoms with E-state index in [-0.39, 0.29) is 24.5 Å². The van der Waals surface area contributed by atoms with E-state index < -0.39 is 0 Å². The summed E-state index contributed by atoms with van der Waals surface area (Å²) in [5, 5.41) is 2.93. The average molecular weight is 541 g/mol. The molecule has 1 fully saturated rings. The number of imidazole rings is 1. The summed E-state index contributed by atoms with van der Waals surface area (Å²) in [7, 11) is 3.15. The van der Waals surface area contributed by atoms with E-state index in [1.54, 1.807) is 41.9 Å². The van der Waals surface area contributed by atoms with Crippen molar-refractivity contribution in [3.05, 3.63) is 90.6 Å². The molecule has 0 aliphatic carbocycles. The summed E-state index contributed by atoms with van der Waals surface area (Å²) >= 11 is 0. The molecule has 3 aromatic carbocycles. The van der Waals surface area contributed by atoms with Gasteiger partial charge in [-0.15, -0.1) is 0 Å². The Bertz CT molecular complexity index is 1450. The summed E-state index contributed by atoms with van der Waals surface area (Å²) in [5.74, 6) is 0.863. The van der Waals surface area contributed by atoms with Gasteiger partial charge in [0.05, 0.1) is 31.7 Å². The molecular formula is C31H32N4O5. The van der Waals surface area contributed by atoms with E-state index in [2.05, 4.69) is 5.32 Å². The van der Waals surface area contributed by atoms with Crippen LogP contribution in [-0.2, 0) is 9.53 Å². The van der Waals surface area contributed by atoms with Crippen LogP contribution in [0.15, 0.2) is 85.1 Å². The summed E-state index contributed by atoms with van der Waals surface area (Å²) < 4.78 is 18.4. The predicted octanol–water partition coefficient (Wildman–Crippen LogP) is 4.82. The highest BCUT2D eigenvalue weighted by Crippen LogP contribution is 2.32. The fourth-order valence-electron chi connectivity index (χ4n) is 4.74. The van der Waals surface area contributed by atoms with Crippen LogP contribution in [0.1, 0.15) is 23.2 Å². The van der Waals surface area contributed by atoms with Crippen LogP contribution in [0, 0.1) is 0 Å². The van der Waals surface area contributed by atoms with Gasteiger partial charge < -0.3 is 19.1 Å². The highest BCUT2D eigenvalue weighted by molar-refractivity contribution is 5.99. The molecular weight excluding hydrogens is 508 g/mol. The highest BCUT2D eigenvalue weighted by atomic mass is 16.5. The minimum atomic E-state index is -0.366. The van der Waals surface area contributed by atoms with Crippen LogP contribution in [0.25, 0.3) is 16.9 Å². The van der Waals surface area contributed by atoms with E-state index in [1.165, 1.54) is 0 Å². The van der Waals surface area contributed by atoms with Gasteiger partial charge in [0.1, 0.15) is 6.54 Å². The maximum Gasteiger partial charge on any atom is 0.254 e. The van der Waals surface area contributed by atoms with Crippen LogP contribution in [0.3, 0.4) is 0 Å². The number of aromatic nitrogens is 2. The zero-order valence-electron chi connectivity index (χ0n) is 22.6. The van der Waals surface area contributed by atoms with Crippen molar-refractivity contribution >= 4 is 17.8 Å². The topological polar surface area (TPSA) is 94.9 Å². The minimum Gasteiger partial charge on any atom is -0.493 e. The number of anilines is 1. The fourth-order valence-corrected chi connectivity index (χ4v) is 4.74. The Balaban J connectivity index is 1.44. The molecule has 2 heterocycles. The van der Waals surface area contributed by atoms with Gasteiger partial charge >= 0.3 is 0 Å². The van der Waals surface area contributed by atoms with Crippen molar-refractivity contribution in [2.24, 2.45) is 0 Å². The predicted molar refractivity (Wildman–Crippen MR) is 152 cm³/mol. The number of methoxy groups -OCH3 is 2. The van der Waals surface area contributed by atoms with Gasteiger partial charge in [-0.05, 0) is 37.1 Å². The fraction of sp³-hybridized carbons (Fsp3) is 0.258. The summed E-state index contributed by atoms with van der Waals surface area (Å²) in [5.41, 5.74) is 2.82. The summed E-state index contributed by atoms with van der Waals surface area (Å²) in [6.45, 7) is 0.850. The van der Waals surface area contributed by atoms with Gasteiger partial charge in [-0.2, -0.15) is 0 Å². The Morgan fingerprint density at radius 2 is 1.73 bits per heavy atom. The molecule has 1 aromatic heterocycles. The molecule has 9 nitrogen and oxygen atoms in total. The summed E-state index contributed by atoms with van der Waals surface area (Å²) in [6, 6.07) is 24.1. The quantitative estimate of drug-likeness (QED) is 0.310. The molecule has 9 heteroatoms. The first-order chi connectivity index (χ1) is 19.6. The molecule has 5 rings (SSSR count). The molecule has 0 bridgehead atoms. The first-order valence-corrected chi connectivity index (χ1v) is 13.2. The van der Waals surface area contributed by atoms with E-state index in [0.717, 1.165) is 24.1 Å². The monoisotopic (exact) mass is 540 g/mol. The SMILES string of the molecule is COc1ccc(-n2cc(-c3ccccc3)nc2NC(=O)CN(C[C@H]2CCCO2)C(=O)c2ccccc2)cc1OC. The molecule has 1 saturated heterocycles. The molecule has 0 spiro atoms. The average Bonchev–Trinajstić information content (AvgIpc) is 3.67. The zero-order valence-corrected chi connectivity index (χ0v) is 22.6. The second-order valence-electron chi connectivity index (χ2n) is 9.46. The van der Waals surface area contributed by atoms with Crippen LogP contribution in [0.5, 0.6) is 11.5 Å². The second kappa shape index (κ2) is 12.5. The van der Waals surface area contributed by atoms with Crippen molar-refractivity contribution in [3.8, 4) is 28.4 Å². The lowest BCUT2D eigenvalue weighted by molar-refractivity contribution is -0.117. The van der Waals surface area contributed by atoms with Crippen molar-refractivity contribution in [1.82, 2.24) is 14.5 Å². The number of nitrogens with one attached hydrogen (secondary N) is 1. The normalized spacial score (nSPS) is 14.5. The molecule has 4 aromatic rings. The first kappa shape index (κ1) is 27.0. The number of hydrogen-bond donors (Lipinski definition) is 1. The van der Waals surface area contributed by atoms with Crippen LogP contribution in [0.2, 0.25) is 0 Å². The Morgan fingerprint density at radius 1 is 1.00 bits per heavy atom. The van der Waals surface area contributed by atoms with Crippen molar-refractivity contribution < 1.29 is 23.8 Å². The Hall–Kier alpha value is -4.63. The van der Waals surface area contributed by atoms with Crippen LogP contribution in [0.4, 0.5) is 5.95 Å². The number of carbonyl (C=O) groups is 2. The third-order valence-electron chi connectivity index (χ3n) is 6.76. The number of carbonyl (C=O) groups excluding carboxylic acids is 2. The van der Waals surface area contributed by atoms with Crippen LogP contribution < -0.4 is 14.8 Å². The van der Waals surface area contributed by atoms with Gasteiger partial charge in [0.2, 0.25) is 11.9 Å². The Kier molecular flexibility index (Phi) is 8.41. The molecule has 40 heavy (non-hydrogen) atoms. The largest absolute Gasteiger partial charge is 0.493 e. The molecule has 0 unspecified atom stereocenters. The lowest BCUT2D eigenvalue weighted by Gasteiger charge is -2.25. The highest BCUT2D eigenvalue weighted by Gasteiger charge is 2.26. The number of hydrogen-bond acceptors (Lipinski definition) is 6. The maximum atomic E-state index is 13.4. The molecule has 1 aliphatic heterocycles. The van der Waals surface area contributed by atoms with Gasteiger partial charge in [-0.25, -0.2) is 4.98 Å². The number of nitrogens with zero attached hydrogens (tertiary/aromatic N) is 3. The number of rotatable bonds is 10. The third kappa shape index (κ3) is 6.16. The van der Waals surface area contributed by atoms with Gasteiger partial charge in [0.15, 0.2) is 11.5 Å². The molecule has 0 radical (unpaired) electrons. The van der Waals surface area contributed by atoms with E-state index in [0.29, 0.717) is 41.9 Å². The summed E-state index contributed by atoms with van der Waals surface area (Å²) in [6.07, 6.45) is 3.55. The number of ether oxygens (including phenoxy) is 3. The number of benzene rings is 3. The molecule has 1 N–H and O–H groups in total. The van der Waals surface area contributed by atoms with Gasteiger partial charge in [0.25, 0.3) is 5.91 Å². The maximum absolute atomic E-state index is 13.4. The van der Waals surface area contributed by atoms with Gasteiger partial charge in [-0.1, -0.05) is 48.5 Å². The smallest absolute Gasteiger partial charge is 0.254 e.